The van der Waals surface area contributed by atoms with Crippen molar-refractivity contribution in [1.29, 1.82) is 0 Å². The zero-order chi connectivity index (χ0) is 12.1. The quantitative estimate of drug-likeness (QED) is 0.837. The number of hydrogen-bond donors (Lipinski definition) is 2. The maximum atomic E-state index is 11.7. The van der Waals surface area contributed by atoms with Crippen LogP contribution in [-0.2, 0) is 0 Å². The van der Waals surface area contributed by atoms with Crippen molar-refractivity contribution in [2.24, 2.45) is 17.6 Å². The van der Waals surface area contributed by atoms with Crippen LogP contribution in [0, 0.1) is 11.8 Å². The van der Waals surface area contributed by atoms with Crippen molar-refractivity contribution in [3.05, 3.63) is 24.2 Å². The van der Waals surface area contributed by atoms with Gasteiger partial charge in [0, 0.05) is 6.54 Å². The van der Waals surface area contributed by atoms with Crippen molar-refractivity contribution in [3.63, 3.8) is 0 Å². The Morgan fingerprint density at radius 2 is 2.18 bits per heavy atom. The van der Waals surface area contributed by atoms with Crippen LogP contribution in [-0.4, -0.2) is 19.0 Å². The van der Waals surface area contributed by atoms with Gasteiger partial charge in [0.2, 0.25) is 0 Å². The summed E-state index contributed by atoms with van der Waals surface area (Å²) in [4.78, 5) is 11.7. The molecule has 4 nitrogen and oxygen atoms in total. The van der Waals surface area contributed by atoms with E-state index in [1.807, 2.05) is 0 Å². The van der Waals surface area contributed by atoms with Crippen molar-refractivity contribution in [1.82, 2.24) is 5.32 Å². The summed E-state index contributed by atoms with van der Waals surface area (Å²) in [6.07, 6.45) is 6.39. The van der Waals surface area contributed by atoms with E-state index in [9.17, 15) is 4.79 Å². The second-order valence-corrected chi connectivity index (χ2v) is 4.73. The lowest BCUT2D eigenvalue weighted by Gasteiger charge is -2.30. The molecule has 2 unspecified atom stereocenters. The Labute approximate surface area is 102 Å². The molecule has 0 radical (unpaired) electrons. The lowest BCUT2D eigenvalue weighted by Crippen LogP contribution is -2.36. The highest BCUT2D eigenvalue weighted by Crippen LogP contribution is 2.28. The third-order valence-electron chi connectivity index (χ3n) is 3.64. The monoisotopic (exact) mass is 236 g/mol. The van der Waals surface area contributed by atoms with E-state index in [0.717, 1.165) is 6.54 Å². The van der Waals surface area contributed by atoms with Gasteiger partial charge in [-0.1, -0.05) is 12.8 Å². The van der Waals surface area contributed by atoms with E-state index in [1.54, 1.807) is 12.1 Å². The molecule has 1 aliphatic carbocycles. The predicted octanol–water partition coefficient (Wildman–Crippen LogP) is 1.77. The summed E-state index contributed by atoms with van der Waals surface area (Å²) < 4.78 is 5.05. The minimum atomic E-state index is -0.128. The van der Waals surface area contributed by atoms with Gasteiger partial charge in [0.05, 0.1) is 6.26 Å². The zero-order valence-corrected chi connectivity index (χ0v) is 10.0. The van der Waals surface area contributed by atoms with E-state index in [4.69, 9.17) is 10.2 Å². The van der Waals surface area contributed by atoms with Crippen LogP contribution >= 0.6 is 0 Å². The molecular formula is C13H20N2O2. The Morgan fingerprint density at radius 1 is 1.41 bits per heavy atom. The van der Waals surface area contributed by atoms with E-state index < -0.39 is 0 Å². The number of amides is 1. The van der Waals surface area contributed by atoms with Gasteiger partial charge in [-0.2, -0.15) is 0 Å². The van der Waals surface area contributed by atoms with Crippen LogP contribution in [0.3, 0.4) is 0 Å². The Hall–Kier alpha value is -1.29. The number of rotatable bonds is 4. The number of carbonyl (C=O) groups is 1. The highest BCUT2D eigenvalue weighted by atomic mass is 16.3. The van der Waals surface area contributed by atoms with E-state index in [2.05, 4.69) is 5.32 Å². The van der Waals surface area contributed by atoms with Gasteiger partial charge < -0.3 is 15.5 Å². The average molecular weight is 236 g/mol. The van der Waals surface area contributed by atoms with Crippen LogP contribution in [0.25, 0.3) is 0 Å². The first-order valence-electron chi connectivity index (χ1n) is 6.33. The summed E-state index contributed by atoms with van der Waals surface area (Å²) in [5, 5.41) is 2.93. The topological polar surface area (TPSA) is 68.3 Å². The van der Waals surface area contributed by atoms with Gasteiger partial charge in [0.25, 0.3) is 5.91 Å². The fourth-order valence-electron chi connectivity index (χ4n) is 2.58. The largest absolute Gasteiger partial charge is 0.459 e. The van der Waals surface area contributed by atoms with Crippen LogP contribution in [0.5, 0.6) is 0 Å². The van der Waals surface area contributed by atoms with Gasteiger partial charge in [-0.05, 0) is 43.4 Å². The average Bonchev–Trinajstić information content (AvgIpc) is 2.90. The number of carbonyl (C=O) groups excluding carboxylic acids is 1. The molecule has 0 aromatic carbocycles. The standard InChI is InChI=1S/C13H20N2O2/c14-8-10-4-1-2-5-11(10)9-15-13(16)12-6-3-7-17-12/h3,6-7,10-11H,1-2,4-5,8-9,14H2,(H,15,16). The summed E-state index contributed by atoms with van der Waals surface area (Å²) >= 11 is 0. The first kappa shape index (κ1) is 12.2. The van der Waals surface area contributed by atoms with Crippen LogP contribution in [0.15, 0.2) is 22.8 Å². The third kappa shape index (κ3) is 3.09. The van der Waals surface area contributed by atoms with Crippen LogP contribution in [0.4, 0.5) is 0 Å². The van der Waals surface area contributed by atoms with Gasteiger partial charge in [0.1, 0.15) is 0 Å². The van der Waals surface area contributed by atoms with Crippen LogP contribution in [0.1, 0.15) is 36.2 Å². The minimum absolute atomic E-state index is 0.128. The molecule has 1 saturated carbocycles. The summed E-state index contributed by atoms with van der Waals surface area (Å²) in [5.74, 6) is 1.33. The van der Waals surface area contributed by atoms with Crippen LogP contribution < -0.4 is 11.1 Å². The van der Waals surface area contributed by atoms with Gasteiger partial charge in [-0.3, -0.25) is 4.79 Å². The van der Waals surface area contributed by atoms with Crippen LogP contribution in [0.2, 0.25) is 0 Å². The van der Waals surface area contributed by atoms with E-state index in [1.165, 1.54) is 31.9 Å². The molecule has 2 rings (SSSR count). The van der Waals surface area contributed by atoms with Crippen molar-refractivity contribution >= 4 is 5.91 Å². The number of nitrogens with two attached hydrogens (primary N) is 1. The minimum Gasteiger partial charge on any atom is -0.459 e. The molecule has 0 aliphatic heterocycles. The summed E-state index contributed by atoms with van der Waals surface area (Å²) in [6.45, 7) is 1.43. The Kier molecular flexibility index (Phi) is 4.20. The number of nitrogens with one attached hydrogen (secondary N) is 1. The second kappa shape index (κ2) is 5.87. The first-order valence-corrected chi connectivity index (χ1v) is 6.33. The lowest BCUT2D eigenvalue weighted by molar-refractivity contribution is 0.0907. The maximum absolute atomic E-state index is 11.7. The van der Waals surface area contributed by atoms with Gasteiger partial charge in [-0.25, -0.2) is 0 Å². The second-order valence-electron chi connectivity index (χ2n) is 4.73. The van der Waals surface area contributed by atoms with Gasteiger partial charge >= 0.3 is 0 Å². The molecule has 1 heterocycles. The smallest absolute Gasteiger partial charge is 0.286 e. The van der Waals surface area contributed by atoms with Crippen molar-refractivity contribution in [3.8, 4) is 0 Å². The molecule has 2 atom stereocenters. The third-order valence-corrected chi connectivity index (χ3v) is 3.64. The molecule has 0 saturated heterocycles. The molecule has 1 aromatic heterocycles. The molecule has 1 aromatic rings. The Morgan fingerprint density at radius 3 is 2.82 bits per heavy atom. The first-order chi connectivity index (χ1) is 8.31. The molecule has 4 heteroatoms. The van der Waals surface area contributed by atoms with Crippen molar-refractivity contribution in [2.75, 3.05) is 13.1 Å². The predicted molar refractivity (Wildman–Crippen MR) is 65.5 cm³/mol. The van der Waals surface area contributed by atoms with Crippen molar-refractivity contribution < 1.29 is 9.21 Å². The highest BCUT2D eigenvalue weighted by Gasteiger charge is 2.24. The summed E-state index contributed by atoms with van der Waals surface area (Å²) in [6, 6.07) is 3.40. The Balaban J connectivity index is 1.82. The lowest BCUT2D eigenvalue weighted by atomic mass is 9.79. The molecule has 0 bridgehead atoms. The summed E-state index contributed by atoms with van der Waals surface area (Å²) in [5.41, 5.74) is 5.76. The fourth-order valence-corrected chi connectivity index (χ4v) is 2.58. The molecule has 94 valence electrons. The van der Waals surface area contributed by atoms with Gasteiger partial charge in [-0.15, -0.1) is 0 Å². The number of hydrogen-bond acceptors (Lipinski definition) is 3. The molecule has 0 spiro atoms. The SMILES string of the molecule is NCC1CCCCC1CNC(=O)c1ccco1. The molecule has 1 aliphatic rings. The zero-order valence-electron chi connectivity index (χ0n) is 10.0. The number of furan rings is 1. The van der Waals surface area contributed by atoms with E-state index in [0.29, 0.717) is 24.1 Å². The van der Waals surface area contributed by atoms with Crippen molar-refractivity contribution in [2.45, 2.75) is 25.7 Å². The molecule has 1 amide bonds. The molecule has 1 fully saturated rings. The summed E-state index contributed by atoms with van der Waals surface area (Å²) in [7, 11) is 0. The highest BCUT2D eigenvalue weighted by molar-refractivity contribution is 5.91. The fraction of sp³-hybridized carbons (Fsp3) is 0.615. The molecule has 17 heavy (non-hydrogen) atoms. The maximum Gasteiger partial charge on any atom is 0.286 e. The van der Waals surface area contributed by atoms with E-state index >= 15 is 0 Å². The molecule has 3 N–H and O–H groups in total. The molecular weight excluding hydrogens is 216 g/mol. The Bertz CT molecular complexity index is 348. The van der Waals surface area contributed by atoms with E-state index in [-0.39, 0.29) is 5.91 Å². The normalized spacial score (nSPS) is 24.5. The van der Waals surface area contributed by atoms with Gasteiger partial charge in [0.15, 0.2) is 5.76 Å².